The molecule has 2 saturated carbocycles. The summed E-state index contributed by atoms with van der Waals surface area (Å²) in [6.07, 6.45) is 8.33. The third-order valence-corrected chi connectivity index (χ3v) is 7.59. The lowest BCUT2D eigenvalue weighted by atomic mass is 9.95. The van der Waals surface area contributed by atoms with E-state index in [1.807, 2.05) is 0 Å². The summed E-state index contributed by atoms with van der Waals surface area (Å²) in [4.78, 5) is 14.3. The predicted molar refractivity (Wildman–Crippen MR) is 89.6 cm³/mol. The Labute approximate surface area is 139 Å². The van der Waals surface area contributed by atoms with E-state index in [4.69, 9.17) is 0 Å². The van der Waals surface area contributed by atoms with Crippen LogP contribution >= 0.6 is 0 Å². The highest BCUT2D eigenvalue weighted by Gasteiger charge is 2.40. The average molecular weight is 343 g/mol. The molecule has 0 unspecified atom stereocenters. The third kappa shape index (κ3) is 4.67. The van der Waals surface area contributed by atoms with Gasteiger partial charge in [0.25, 0.3) is 0 Å². The second-order valence-electron chi connectivity index (χ2n) is 7.18. The number of carbonyl (C=O) groups is 1. The fraction of sp³-hybridized carbons (Fsp3) is 0.938. The summed E-state index contributed by atoms with van der Waals surface area (Å²) in [5, 5.41) is 3.01. The second-order valence-corrected chi connectivity index (χ2v) is 9.39. The number of hydrogen-bond donors (Lipinski definition) is 1. The highest BCUT2D eigenvalue weighted by atomic mass is 32.2. The van der Waals surface area contributed by atoms with Gasteiger partial charge < -0.3 is 5.32 Å². The summed E-state index contributed by atoms with van der Waals surface area (Å²) >= 11 is 0. The van der Waals surface area contributed by atoms with Crippen LogP contribution in [0, 0.1) is 0 Å². The van der Waals surface area contributed by atoms with Crippen molar-refractivity contribution < 1.29 is 13.2 Å². The molecule has 1 amide bonds. The average Bonchev–Trinajstić information content (AvgIpc) is 3.36. The van der Waals surface area contributed by atoms with E-state index in [1.165, 1.54) is 19.3 Å². The Morgan fingerprint density at radius 3 is 2.35 bits per heavy atom. The summed E-state index contributed by atoms with van der Waals surface area (Å²) < 4.78 is 26.3. The summed E-state index contributed by atoms with van der Waals surface area (Å²) in [6.45, 7) is 2.97. The van der Waals surface area contributed by atoms with E-state index in [0.29, 0.717) is 32.2 Å². The molecular formula is C16H29N3O3S. The SMILES string of the molecule is O=C(CN1CCCN(S(=O)(=O)C2CC2)CC1)NC1CCCCC1. The number of nitrogens with one attached hydrogen (secondary N) is 1. The third-order valence-electron chi connectivity index (χ3n) is 5.19. The zero-order valence-electron chi connectivity index (χ0n) is 13.9. The Bertz CT molecular complexity index is 513. The molecule has 1 heterocycles. The van der Waals surface area contributed by atoms with Crippen LogP contribution in [0.3, 0.4) is 0 Å². The van der Waals surface area contributed by atoms with Crippen molar-refractivity contribution in [2.75, 3.05) is 32.7 Å². The Kier molecular flexibility index (Phi) is 5.59. The van der Waals surface area contributed by atoms with Gasteiger partial charge in [-0.1, -0.05) is 19.3 Å². The van der Waals surface area contributed by atoms with Gasteiger partial charge in [-0.05, 0) is 38.6 Å². The molecule has 3 fully saturated rings. The van der Waals surface area contributed by atoms with Crippen LogP contribution in [0.15, 0.2) is 0 Å². The maximum atomic E-state index is 12.3. The Morgan fingerprint density at radius 2 is 1.65 bits per heavy atom. The highest BCUT2D eigenvalue weighted by molar-refractivity contribution is 7.90. The van der Waals surface area contributed by atoms with Gasteiger partial charge in [0.2, 0.25) is 15.9 Å². The summed E-state index contributed by atoms with van der Waals surface area (Å²) in [5.74, 6) is 0.0930. The Hall–Kier alpha value is -0.660. The quantitative estimate of drug-likeness (QED) is 0.806. The zero-order chi connectivity index (χ0) is 16.3. The molecule has 0 radical (unpaired) electrons. The highest BCUT2D eigenvalue weighted by Crippen LogP contribution is 2.31. The van der Waals surface area contributed by atoms with Crippen molar-refractivity contribution in [3.8, 4) is 0 Å². The van der Waals surface area contributed by atoms with E-state index < -0.39 is 10.0 Å². The smallest absolute Gasteiger partial charge is 0.234 e. The van der Waals surface area contributed by atoms with Crippen LogP contribution in [0.4, 0.5) is 0 Å². The van der Waals surface area contributed by atoms with Gasteiger partial charge in [-0.3, -0.25) is 9.69 Å². The number of sulfonamides is 1. The first-order valence-electron chi connectivity index (χ1n) is 9.06. The van der Waals surface area contributed by atoms with Crippen LogP contribution in [-0.4, -0.2) is 67.5 Å². The van der Waals surface area contributed by atoms with Crippen molar-refractivity contribution in [1.82, 2.24) is 14.5 Å². The molecule has 0 spiro atoms. The number of amides is 1. The zero-order valence-corrected chi connectivity index (χ0v) is 14.7. The molecule has 3 aliphatic rings. The van der Waals surface area contributed by atoms with E-state index in [1.54, 1.807) is 4.31 Å². The van der Waals surface area contributed by atoms with Crippen molar-refractivity contribution >= 4 is 15.9 Å². The number of nitrogens with zero attached hydrogens (tertiary/aromatic N) is 2. The summed E-state index contributed by atoms with van der Waals surface area (Å²) in [6, 6.07) is 0.343. The molecule has 1 aliphatic heterocycles. The van der Waals surface area contributed by atoms with E-state index in [2.05, 4.69) is 10.2 Å². The normalized spacial score (nSPS) is 25.9. The maximum Gasteiger partial charge on any atom is 0.234 e. The van der Waals surface area contributed by atoms with Gasteiger partial charge in [0, 0.05) is 25.7 Å². The van der Waals surface area contributed by atoms with Gasteiger partial charge in [0.1, 0.15) is 0 Å². The molecule has 3 rings (SSSR count). The molecule has 6 nitrogen and oxygen atoms in total. The molecule has 132 valence electrons. The van der Waals surface area contributed by atoms with E-state index in [9.17, 15) is 13.2 Å². The van der Waals surface area contributed by atoms with Crippen molar-refractivity contribution in [1.29, 1.82) is 0 Å². The molecule has 0 aromatic heterocycles. The molecule has 0 atom stereocenters. The monoisotopic (exact) mass is 343 g/mol. The van der Waals surface area contributed by atoms with Crippen LogP contribution < -0.4 is 5.32 Å². The van der Waals surface area contributed by atoms with Crippen LogP contribution in [0.1, 0.15) is 51.4 Å². The minimum atomic E-state index is -3.08. The van der Waals surface area contributed by atoms with Crippen molar-refractivity contribution in [3.63, 3.8) is 0 Å². The first kappa shape index (κ1) is 17.2. The molecule has 0 aromatic rings. The first-order chi connectivity index (χ1) is 11.1. The first-order valence-corrected chi connectivity index (χ1v) is 10.6. The van der Waals surface area contributed by atoms with Gasteiger partial charge in [0.15, 0.2) is 0 Å². The van der Waals surface area contributed by atoms with Gasteiger partial charge in [-0.15, -0.1) is 0 Å². The van der Waals surface area contributed by atoms with Crippen molar-refractivity contribution in [2.24, 2.45) is 0 Å². The lowest BCUT2D eigenvalue weighted by molar-refractivity contribution is -0.123. The minimum absolute atomic E-state index is 0.0930. The molecule has 1 N–H and O–H groups in total. The van der Waals surface area contributed by atoms with Gasteiger partial charge >= 0.3 is 0 Å². The van der Waals surface area contributed by atoms with Gasteiger partial charge in [0.05, 0.1) is 11.8 Å². The Balaban J connectivity index is 1.45. The Morgan fingerprint density at radius 1 is 0.913 bits per heavy atom. The number of rotatable bonds is 5. The molecular weight excluding hydrogens is 314 g/mol. The van der Waals surface area contributed by atoms with E-state index >= 15 is 0 Å². The standard InChI is InChI=1S/C16H29N3O3S/c20-16(17-14-5-2-1-3-6-14)13-18-9-4-10-19(12-11-18)23(21,22)15-7-8-15/h14-15H,1-13H2,(H,17,20). The molecule has 0 aromatic carbocycles. The van der Waals surface area contributed by atoms with Crippen LogP contribution in [0.5, 0.6) is 0 Å². The van der Waals surface area contributed by atoms with Crippen molar-refractivity contribution in [3.05, 3.63) is 0 Å². The maximum absolute atomic E-state index is 12.3. The number of carbonyl (C=O) groups excluding carboxylic acids is 1. The fourth-order valence-corrected chi connectivity index (χ4v) is 5.53. The predicted octanol–water partition coefficient (Wildman–Crippen LogP) is 0.935. The summed E-state index contributed by atoms with van der Waals surface area (Å²) in [7, 11) is -3.08. The second kappa shape index (κ2) is 7.49. The van der Waals surface area contributed by atoms with Crippen LogP contribution in [0.2, 0.25) is 0 Å². The lowest BCUT2D eigenvalue weighted by Gasteiger charge is -2.25. The van der Waals surface area contributed by atoms with E-state index in [0.717, 1.165) is 38.6 Å². The number of hydrogen-bond acceptors (Lipinski definition) is 4. The topological polar surface area (TPSA) is 69.7 Å². The van der Waals surface area contributed by atoms with Gasteiger partial charge in [-0.2, -0.15) is 0 Å². The largest absolute Gasteiger partial charge is 0.352 e. The fourth-order valence-electron chi connectivity index (χ4n) is 3.66. The summed E-state index contributed by atoms with van der Waals surface area (Å²) in [5.41, 5.74) is 0. The van der Waals surface area contributed by atoms with Crippen molar-refractivity contribution in [2.45, 2.75) is 62.7 Å². The molecule has 7 heteroatoms. The molecule has 0 bridgehead atoms. The molecule has 2 aliphatic carbocycles. The molecule has 1 saturated heterocycles. The van der Waals surface area contributed by atoms with Crippen LogP contribution in [-0.2, 0) is 14.8 Å². The van der Waals surface area contributed by atoms with Gasteiger partial charge in [-0.25, -0.2) is 12.7 Å². The minimum Gasteiger partial charge on any atom is -0.352 e. The molecule has 23 heavy (non-hydrogen) atoms. The van der Waals surface area contributed by atoms with E-state index in [-0.39, 0.29) is 11.2 Å². The lowest BCUT2D eigenvalue weighted by Crippen LogP contribution is -2.44. The van der Waals surface area contributed by atoms with Crippen LogP contribution in [0.25, 0.3) is 0 Å².